The molecule has 2 aromatic heterocycles. The van der Waals surface area contributed by atoms with Crippen molar-refractivity contribution in [3.63, 3.8) is 0 Å². The van der Waals surface area contributed by atoms with Crippen LogP contribution in [0.2, 0.25) is 0 Å². The Morgan fingerprint density at radius 3 is 2.79 bits per heavy atom. The number of carbonyl (C=O) groups excluding carboxylic acids is 1. The van der Waals surface area contributed by atoms with E-state index < -0.39 is 0 Å². The Balaban J connectivity index is 1.51. The molecule has 0 radical (unpaired) electrons. The maximum absolute atomic E-state index is 12.5. The molecule has 1 fully saturated rings. The molecular formula is C19H24N8O2. The van der Waals surface area contributed by atoms with Crippen molar-refractivity contribution >= 4 is 5.91 Å². The summed E-state index contributed by atoms with van der Waals surface area (Å²) in [4.78, 5) is 22.0. The van der Waals surface area contributed by atoms with Crippen LogP contribution in [0.15, 0.2) is 36.5 Å². The number of aromatic nitrogens is 6. The van der Waals surface area contributed by atoms with Crippen LogP contribution in [-0.4, -0.2) is 67.3 Å². The number of rotatable bonds is 7. The summed E-state index contributed by atoms with van der Waals surface area (Å²) in [6.07, 6.45) is 1.73. The number of aromatic amines is 1. The van der Waals surface area contributed by atoms with Gasteiger partial charge in [-0.05, 0) is 22.9 Å². The molecule has 0 bridgehead atoms. The van der Waals surface area contributed by atoms with Crippen LogP contribution in [0.1, 0.15) is 28.9 Å². The molecule has 3 aromatic rings. The smallest absolute Gasteiger partial charge is 0.242 e. The topological polar surface area (TPSA) is 114 Å². The second-order valence-electron chi connectivity index (χ2n) is 6.95. The molecule has 0 spiro atoms. The van der Waals surface area contributed by atoms with Gasteiger partial charge in [-0.25, -0.2) is 9.67 Å². The maximum Gasteiger partial charge on any atom is 0.242 e. The van der Waals surface area contributed by atoms with Crippen molar-refractivity contribution in [2.45, 2.75) is 26.1 Å². The number of morpholine rings is 1. The van der Waals surface area contributed by atoms with Crippen LogP contribution in [0.5, 0.6) is 0 Å². The first-order valence-corrected chi connectivity index (χ1v) is 9.60. The third-order valence-electron chi connectivity index (χ3n) is 4.83. The first-order valence-electron chi connectivity index (χ1n) is 9.60. The molecule has 29 heavy (non-hydrogen) atoms. The van der Waals surface area contributed by atoms with Gasteiger partial charge in [0.1, 0.15) is 12.4 Å². The Labute approximate surface area is 168 Å². The highest BCUT2D eigenvalue weighted by atomic mass is 16.5. The zero-order valence-electron chi connectivity index (χ0n) is 16.3. The van der Waals surface area contributed by atoms with Gasteiger partial charge in [-0.3, -0.25) is 9.69 Å². The van der Waals surface area contributed by atoms with Gasteiger partial charge in [0.05, 0.1) is 25.8 Å². The van der Waals surface area contributed by atoms with E-state index in [9.17, 15) is 4.79 Å². The lowest BCUT2D eigenvalue weighted by molar-refractivity contribution is -0.122. The summed E-state index contributed by atoms with van der Waals surface area (Å²) >= 11 is 0. The highest BCUT2D eigenvalue weighted by Gasteiger charge is 2.29. The second kappa shape index (κ2) is 8.93. The van der Waals surface area contributed by atoms with Crippen LogP contribution in [0.25, 0.3) is 0 Å². The quantitative estimate of drug-likeness (QED) is 0.596. The SMILES string of the molecule is Cc1cnc(CNC(=O)Cn2nnnc2[C@H](c2ccccc2)N2CCOCC2)[nH]1. The molecule has 0 saturated carbocycles. The van der Waals surface area contributed by atoms with Crippen molar-refractivity contribution in [2.75, 3.05) is 26.3 Å². The van der Waals surface area contributed by atoms with Gasteiger partial charge in [-0.15, -0.1) is 5.10 Å². The lowest BCUT2D eigenvalue weighted by Gasteiger charge is -2.33. The fourth-order valence-electron chi connectivity index (χ4n) is 3.45. The molecule has 4 rings (SSSR count). The van der Waals surface area contributed by atoms with Gasteiger partial charge in [0.15, 0.2) is 5.82 Å². The predicted molar refractivity (Wildman–Crippen MR) is 104 cm³/mol. The summed E-state index contributed by atoms with van der Waals surface area (Å²) < 4.78 is 7.07. The van der Waals surface area contributed by atoms with E-state index in [1.165, 1.54) is 0 Å². The molecule has 0 unspecified atom stereocenters. The van der Waals surface area contributed by atoms with Gasteiger partial charge in [0.25, 0.3) is 0 Å². The zero-order chi connectivity index (χ0) is 20.1. The van der Waals surface area contributed by atoms with E-state index in [0.29, 0.717) is 31.4 Å². The number of aryl methyl sites for hydroxylation is 1. The number of benzene rings is 1. The van der Waals surface area contributed by atoms with Gasteiger partial charge >= 0.3 is 0 Å². The maximum atomic E-state index is 12.5. The van der Waals surface area contributed by atoms with Crippen molar-refractivity contribution in [2.24, 2.45) is 0 Å². The van der Waals surface area contributed by atoms with Gasteiger partial charge in [-0.1, -0.05) is 30.3 Å². The number of hydrogen-bond acceptors (Lipinski definition) is 7. The van der Waals surface area contributed by atoms with Gasteiger partial charge < -0.3 is 15.0 Å². The van der Waals surface area contributed by atoms with Crippen LogP contribution in [-0.2, 0) is 22.6 Å². The average Bonchev–Trinajstić information content (AvgIpc) is 3.37. The monoisotopic (exact) mass is 396 g/mol. The normalized spacial score (nSPS) is 15.9. The number of ether oxygens (including phenoxy) is 1. The summed E-state index contributed by atoms with van der Waals surface area (Å²) in [6.45, 7) is 5.15. The largest absolute Gasteiger partial charge is 0.379 e. The van der Waals surface area contributed by atoms with Crippen LogP contribution >= 0.6 is 0 Å². The number of amides is 1. The minimum Gasteiger partial charge on any atom is -0.379 e. The fourth-order valence-corrected chi connectivity index (χ4v) is 3.45. The Hall–Kier alpha value is -3.11. The molecular weight excluding hydrogens is 372 g/mol. The molecule has 1 atom stereocenters. The molecule has 0 aliphatic carbocycles. The third-order valence-corrected chi connectivity index (χ3v) is 4.83. The van der Waals surface area contributed by atoms with Crippen molar-refractivity contribution < 1.29 is 9.53 Å². The Kier molecular flexibility index (Phi) is 5.92. The van der Waals surface area contributed by atoms with Gasteiger partial charge in [0, 0.05) is 25.0 Å². The molecule has 1 aliphatic rings. The van der Waals surface area contributed by atoms with Crippen LogP contribution in [0.3, 0.4) is 0 Å². The first-order chi connectivity index (χ1) is 14.2. The average molecular weight is 396 g/mol. The number of tetrazole rings is 1. The summed E-state index contributed by atoms with van der Waals surface area (Å²) in [7, 11) is 0. The van der Waals surface area contributed by atoms with Crippen LogP contribution in [0.4, 0.5) is 0 Å². The van der Waals surface area contributed by atoms with Crippen molar-refractivity contribution in [3.05, 3.63) is 59.4 Å². The van der Waals surface area contributed by atoms with E-state index in [0.717, 1.165) is 24.3 Å². The number of carbonyl (C=O) groups is 1. The Morgan fingerprint density at radius 1 is 1.28 bits per heavy atom. The fraction of sp³-hybridized carbons (Fsp3) is 0.421. The highest BCUT2D eigenvalue weighted by molar-refractivity contribution is 5.75. The van der Waals surface area contributed by atoms with Crippen molar-refractivity contribution in [1.82, 2.24) is 40.4 Å². The number of H-pyrrole nitrogens is 1. The molecule has 3 heterocycles. The van der Waals surface area contributed by atoms with E-state index in [1.807, 2.05) is 25.1 Å². The molecule has 1 saturated heterocycles. The van der Waals surface area contributed by atoms with Crippen LogP contribution in [0, 0.1) is 6.92 Å². The van der Waals surface area contributed by atoms with Crippen molar-refractivity contribution in [1.29, 1.82) is 0 Å². The van der Waals surface area contributed by atoms with E-state index in [2.05, 4.69) is 47.8 Å². The number of hydrogen-bond donors (Lipinski definition) is 2. The molecule has 10 heteroatoms. The number of imidazole rings is 1. The van der Waals surface area contributed by atoms with E-state index >= 15 is 0 Å². The molecule has 1 aliphatic heterocycles. The van der Waals surface area contributed by atoms with E-state index in [4.69, 9.17) is 4.74 Å². The van der Waals surface area contributed by atoms with Gasteiger partial charge in [-0.2, -0.15) is 0 Å². The molecule has 152 valence electrons. The predicted octanol–water partition coefficient (Wildman–Crippen LogP) is 0.443. The van der Waals surface area contributed by atoms with Crippen LogP contribution < -0.4 is 5.32 Å². The first kappa shape index (κ1) is 19.2. The van der Waals surface area contributed by atoms with E-state index in [1.54, 1.807) is 10.9 Å². The summed E-state index contributed by atoms with van der Waals surface area (Å²) in [5, 5.41) is 15.0. The summed E-state index contributed by atoms with van der Waals surface area (Å²) in [6, 6.07) is 9.93. The minimum atomic E-state index is -0.179. The van der Waals surface area contributed by atoms with Gasteiger partial charge in [0.2, 0.25) is 5.91 Å². The molecule has 1 amide bonds. The lowest BCUT2D eigenvalue weighted by atomic mass is 10.0. The molecule has 10 nitrogen and oxygen atoms in total. The number of nitrogens with one attached hydrogen (secondary N) is 2. The standard InChI is InChI=1S/C19H24N8O2/c1-14-11-20-16(22-14)12-21-17(28)13-27-19(23-24-25-27)18(15-5-3-2-4-6-15)26-7-9-29-10-8-26/h2-6,11,18H,7-10,12-13H2,1H3,(H,20,22)(H,21,28)/t18-/m0/s1. The molecule has 1 aromatic carbocycles. The summed E-state index contributed by atoms with van der Waals surface area (Å²) in [5.41, 5.74) is 2.03. The van der Waals surface area contributed by atoms with E-state index in [-0.39, 0.29) is 18.5 Å². The second-order valence-corrected chi connectivity index (χ2v) is 6.95. The Morgan fingerprint density at radius 2 is 2.07 bits per heavy atom. The molecule has 2 N–H and O–H groups in total. The highest BCUT2D eigenvalue weighted by Crippen LogP contribution is 2.27. The zero-order valence-corrected chi connectivity index (χ0v) is 16.3. The number of nitrogens with zero attached hydrogens (tertiary/aromatic N) is 6. The minimum absolute atomic E-state index is 0.0374. The third kappa shape index (κ3) is 4.66. The lowest BCUT2D eigenvalue weighted by Crippen LogP contribution is -2.41. The Bertz CT molecular complexity index is 933. The summed E-state index contributed by atoms with van der Waals surface area (Å²) in [5.74, 6) is 1.17. The van der Waals surface area contributed by atoms with Crippen molar-refractivity contribution in [3.8, 4) is 0 Å².